The summed E-state index contributed by atoms with van der Waals surface area (Å²) in [6.45, 7) is 5.18. The van der Waals surface area contributed by atoms with Crippen LogP contribution in [0.2, 0.25) is 0 Å². The molecule has 3 rings (SSSR count). The fourth-order valence-corrected chi connectivity index (χ4v) is 3.35. The molecule has 0 saturated carbocycles. The predicted molar refractivity (Wildman–Crippen MR) is 107 cm³/mol. The molecule has 1 N–H and O–H groups in total. The van der Waals surface area contributed by atoms with Crippen molar-refractivity contribution in [3.63, 3.8) is 0 Å². The molecule has 0 fully saturated rings. The molecule has 0 unspecified atom stereocenters. The fourth-order valence-electron chi connectivity index (χ4n) is 2.79. The number of aromatic nitrogens is 4. The molecule has 0 saturated heterocycles. The smallest absolute Gasteiger partial charge is 0.265 e. The first-order chi connectivity index (χ1) is 14.0. The highest BCUT2D eigenvalue weighted by Crippen LogP contribution is 2.34. The number of pyridine rings is 2. The lowest BCUT2D eigenvalue weighted by Gasteiger charge is -2.15. The van der Waals surface area contributed by atoms with Crippen LogP contribution in [0.4, 0.5) is 14.5 Å². The Morgan fingerprint density at radius 2 is 1.70 bits per heavy atom. The Hall–Kier alpha value is -3.21. The number of halogens is 2. The first-order valence-electron chi connectivity index (χ1n) is 8.75. The zero-order valence-electron chi connectivity index (χ0n) is 16.6. The van der Waals surface area contributed by atoms with Gasteiger partial charge in [-0.15, -0.1) is 0 Å². The predicted octanol–water partition coefficient (Wildman–Crippen LogP) is 3.96. The zero-order valence-corrected chi connectivity index (χ0v) is 17.5. The van der Waals surface area contributed by atoms with Crippen LogP contribution in [0.3, 0.4) is 0 Å². The topological polar surface area (TPSA) is 107 Å². The molecule has 0 aliphatic rings. The molecule has 158 valence electrons. The van der Waals surface area contributed by atoms with Gasteiger partial charge in [-0.3, -0.25) is 9.71 Å². The van der Waals surface area contributed by atoms with E-state index < -0.39 is 16.4 Å². The molecule has 8 nitrogen and oxygen atoms in total. The third-order valence-corrected chi connectivity index (χ3v) is 4.57. The molecule has 30 heavy (non-hydrogen) atoms. The van der Waals surface area contributed by atoms with Crippen LogP contribution in [0.25, 0.3) is 11.3 Å². The number of rotatable bonds is 6. The van der Waals surface area contributed by atoms with Crippen LogP contribution in [-0.2, 0) is 10.0 Å². The van der Waals surface area contributed by atoms with Gasteiger partial charge in [-0.05, 0) is 39.0 Å². The van der Waals surface area contributed by atoms with Crippen molar-refractivity contribution in [1.29, 1.82) is 0 Å². The molecule has 3 aromatic rings. The zero-order chi connectivity index (χ0) is 22.1. The molecular formula is C19H19F2N5O3S. The molecule has 3 heterocycles. The van der Waals surface area contributed by atoms with Crippen molar-refractivity contribution >= 4 is 15.7 Å². The number of ether oxygens (including phenoxy) is 1. The Morgan fingerprint density at radius 1 is 1.03 bits per heavy atom. The number of nitrogens with zero attached hydrogens (tertiary/aromatic N) is 4. The van der Waals surface area contributed by atoms with E-state index in [4.69, 9.17) is 4.74 Å². The third-order valence-electron chi connectivity index (χ3n) is 3.98. The number of hydrogen-bond acceptors (Lipinski definition) is 7. The molecule has 0 aliphatic carbocycles. The van der Waals surface area contributed by atoms with E-state index >= 15 is 0 Å². The monoisotopic (exact) mass is 435 g/mol. The lowest BCUT2D eigenvalue weighted by atomic mass is 10.1. The van der Waals surface area contributed by atoms with Gasteiger partial charge in [0.25, 0.3) is 6.43 Å². The summed E-state index contributed by atoms with van der Waals surface area (Å²) in [6, 6.07) is 4.18. The van der Waals surface area contributed by atoms with E-state index in [2.05, 4.69) is 24.7 Å². The maximum absolute atomic E-state index is 13.0. The lowest BCUT2D eigenvalue weighted by Crippen LogP contribution is -2.11. The molecule has 0 atom stereocenters. The largest absolute Gasteiger partial charge is 0.433 e. The first-order valence-corrected chi connectivity index (χ1v) is 10.6. The van der Waals surface area contributed by atoms with E-state index in [1.165, 1.54) is 24.4 Å². The van der Waals surface area contributed by atoms with Gasteiger partial charge in [0.2, 0.25) is 15.9 Å². The molecule has 0 aromatic carbocycles. The second-order valence-electron chi connectivity index (χ2n) is 6.60. The van der Waals surface area contributed by atoms with Gasteiger partial charge >= 0.3 is 0 Å². The Morgan fingerprint density at radius 3 is 2.30 bits per heavy atom. The third kappa shape index (κ3) is 5.03. The van der Waals surface area contributed by atoms with Gasteiger partial charge in [0.05, 0.1) is 23.3 Å². The highest BCUT2D eigenvalue weighted by molar-refractivity contribution is 7.92. The molecular weight excluding hydrogens is 416 g/mol. The molecule has 0 bridgehead atoms. The van der Waals surface area contributed by atoms with E-state index in [0.717, 1.165) is 12.5 Å². The van der Waals surface area contributed by atoms with E-state index in [9.17, 15) is 17.2 Å². The van der Waals surface area contributed by atoms with Crippen LogP contribution in [0.1, 0.15) is 29.2 Å². The number of anilines is 1. The summed E-state index contributed by atoms with van der Waals surface area (Å²) >= 11 is 0. The first kappa shape index (κ1) is 21.5. The summed E-state index contributed by atoms with van der Waals surface area (Å²) in [5.74, 6) is 0.809. The number of aryl methyl sites for hydroxylation is 3. The SMILES string of the molecule is Cc1nc(C)c(Oc2nc(-c3cncc(C(F)F)c3)ccc2NS(C)(=O)=O)c(C)n1. The van der Waals surface area contributed by atoms with E-state index in [0.29, 0.717) is 28.5 Å². The normalized spacial score (nSPS) is 11.6. The van der Waals surface area contributed by atoms with Crippen LogP contribution >= 0.6 is 0 Å². The van der Waals surface area contributed by atoms with E-state index in [-0.39, 0.29) is 22.8 Å². The van der Waals surface area contributed by atoms with Crippen LogP contribution in [0, 0.1) is 20.8 Å². The summed E-state index contributed by atoms with van der Waals surface area (Å²) in [7, 11) is -3.63. The average molecular weight is 435 g/mol. The van der Waals surface area contributed by atoms with E-state index in [1.54, 1.807) is 20.8 Å². The number of sulfonamides is 1. The molecule has 0 amide bonds. The van der Waals surface area contributed by atoms with Gasteiger partial charge in [0, 0.05) is 23.5 Å². The molecule has 0 spiro atoms. The quantitative estimate of drug-likeness (QED) is 0.624. The van der Waals surface area contributed by atoms with Crippen molar-refractivity contribution < 1.29 is 21.9 Å². The van der Waals surface area contributed by atoms with Crippen molar-refractivity contribution in [1.82, 2.24) is 19.9 Å². The van der Waals surface area contributed by atoms with Gasteiger partial charge < -0.3 is 4.74 Å². The van der Waals surface area contributed by atoms with Gasteiger partial charge in [-0.1, -0.05) is 0 Å². The second kappa shape index (κ2) is 8.27. The van der Waals surface area contributed by atoms with Gasteiger partial charge in [-0.25, -0.2) is 32.2 Å². The second-order valence-corrected chi connectivity index (χ2v) is 8.35. The van der Waals surface area contributed by atoms with Gasteiger partial charge in [0.1, 0.15) is 11.5 Å². The number of nitrogens with one attached hydrogen (secondary N) is 1. The van der Waals surface area contributed by atoms with E-state index in [1.807, 2.05) is 0 Å². The molecule has 0 aliphatic heterocycles. The Labute approximate surface area is 172 Å². The van der Waals surface area contributed by atoms with Crippen molar-refractivity contribution in [2.24, 2.45) is 0 Å². The van der Waals surface area contributed by atoms with Crippen molar-refractivity contribution in [3.8, 4) is 22.9 Å². The minimum absolute atomic E-state index is 0.0703. The van der Waals surface area contributed by atoms with Crippen LogP contribution in [-0.4, -0.2) is 34.6 Å². The summed E-state index contributed by atoms with van der Waals surface area (Å²) in [5.41, 5.74) is 1.52. The highest BCUT2D eigenvalue weighted by Gasteiger charge is 2.18. The van der Waals surface area contributed by atoms with Crippen molar-refractivity contribution in [2.45, 2.75) is 27.2 Å². The summed E-state index contributed by atoms with van der Waals surface area (Å²) < 4.78 is 57.8. The Balaban J connectivity index is 2.11. The van der Waals surface area contributed by atoms with Crippen molar-refractivity contribution in [3.05, 3.63) is 53.4 Å². The van der Waals surface area contributed by atoms with Gasteiger partial charge in [0.15, 0.2) is 5.75 Å². The number of hydrogen-bond donors (Lipinski definition) is 1. The molecule has 0 radical (unpaired) electrons. The Kier molecular flexibility index (Phi) is 5.92. The Bertz CT molecular complexity index is 1180. The average Bonchev–Trinajstić information content (AvgIpc) is 2.64. The minimum atomic E-state index is -3.63. The highest BCUT2D eigenvalue weighted by atomic mass is 32.2. The number of alkyl halides is 2. The standard InChI is InChI=1S/C19H19F2N5O3S/c1-10-17(11(2)24-12(3)23-10)29-19-16(26-30(4,27)28)6-5-15(25-19)13-7-14(18(20)21)9-22-8-13/h5-9,18,26H,1-4H3. The van der Waals surface area contributed by atoms with Crippen LogP contribution < -0.4 is 9.46 Å². The van der Waals surface area contributed by atoms with Crippen LogP contribution in [0.5, 0.6) is 11.6 Å². The maximum Gasteiger partial charge on any atom is 0.265 e. The molecule has 3 aromatic heterocycles. The van der Waals surface area contributed by atoms with Crippen molar-refractivity contribution in [2.75, 3.05) is 11.0 Å². The molecule has 11 heteroatoms. The fraction of sp³-hybridized carbons (Fsp3) is 0.263. The summed E-state index contributed by atoms with van der Waals surface area (Å²) in [5, 5.41) is 0. The summed E-state index contributed by atoms with van der Waals surface area (Å²) in [4.78, 5) is 16.7. The van der Waals surface area contributed by atoms with Gasteiger partial charge in [-0.2, -0.15) is 0 Å². The minimum Gasteiger partial charge on any atom is -0.433 e. The lowest BCUT2D eigenvalue weighted by molar-refractivity contribution is 0.151. The summed E-state index contributed by atoms with van der Waals surface area (Å²) in [6.07, 6.45) is 0.760. The van der Waals surface area contributed by atoms with Crippen LogP contribution in [0.15, 0.2) is 30.6 Å². The maximum atomic E-state index is 13.0.